The molecule has 0 aromatic carbocycles. The van der Waals surface area contributed by atoms with Crippen LogP contribution in [-0.2, 0) is 7.05 Å². The van der Waals surface area contributed by atoms with Gasteiger partial charge in [0.1, 0.15) is 5.69 Å². The third kappa shape index (κ3) is 2.94. The summed E-state index contributed by atoms with van der Waals surface area (Å²) in [6.45, 7) is 3.80. The molecule has 1 aromatic rings. The highest BCUT2D eigenvalue weighted by Crippen LogP contribution is 2.27. The Balaban J connectivity index is 2.12. The molecular formula is C16H24N2O2. The Bertz CT molecular complexity index is 511. The van der Waals surface area contributed by atoms with E-state index in [4.69, 9.17) is 0 Å². The van der Waals surface area contributed by atoms with Crippen LogP contribution in [0.2, 0.25) is 0 Å². The number of hydrogen-bond donors (Lipinski definition) is 0. The average Bonchev–Trinajstić information content (AvgIpc) is 2.80. The van der Waals surface area contributed by atoms with E-state index in [-0.39, 0.29) is 11.7 Å². The first kappa shape index (κ1) is 14.8. The van der Waals surface area contributed by atoms with Crippen molar-refractivity contribution in [2.75, 3.05) is 7.05 Å². The van der Waals surface area contributed by atoms with Gasteiger partial charge in [0, 0.05) is 31.9 Å². The fourth-order valence-corrected chi connectivity index (χ4v) is 2.95. The van der Waals surface area contributed by atoms with Gasteiger partial charge in [0.2, 0.25) is 0 Å². The summed E-state index contributed by atoms with van der Waals surface area (Å²) in [4.78, 5) is 25.8. The minimum atomic E-state index is -0.00575. The van der Waals surface area contributed by atoms with Gasteiger partial charge in [-0.05, 0) is 44.6 Å². The van der Waals surface area contributed by atoms with Crippen LogP contribution in [0.15, 0.2) is 12.3 Å². The zero-order valence-electron chi connectivity index (χ0n) is 12.8. The van der Waals surface area contributed by atoms with Crippen LogP contribution in [0.25, 0.3) is 0 Å². The topological polar surface area (TPSA) is 42.3 Å². The van der Waals surface area contributed by atoms with Crippen molar-refractivity contribution in [3.63, 3.8) is 0 Å². The molecule has 0 spiro atoms. The number of amides is 1. The van der Waals surface area contributed by atoms with Crippen molar-refractivity contribution in [3.8, 4) is 0 Å². The first-order valence-electron chi connectivity index (χ1n) is 7.34. The molecule has 0 atom stereocenters. The highest BCUT2D eigenvalue weighted by Gasteiger charge is 2.27. The van der Waals surface area contributed by atoms with Gasteiger partial charge in [-0.15, -0.1) is 0 Å². The first-order chi connectivity index (χ1) is 9.40. The Labute approximate surface area is 120 Å². The third-order valence-electron chi connectivity index (χ3n) is 4.48. The Kier molecular flexibility index (Phi) is 4.31. The molecule has 0 saturated heterocycles. The van der Waals surface area contributed by atoms with Crippen molar-refractivity contribution in [3.05, 3.63) is 23.5 Å². The van der Waals surface area contributed by atoms with Crippen molar-refractivity contribution in [2.24, 2.45) is 13.0 Å². The number of ketones is 1. The maximum Gasteiger partial charge on any atom is 0.270 e. The van der Waals surface area contributed by atoms with E-state index in [0.29, 0.717) is 17.3 Å². The highest BCUT2D eigenvalue weighted by molar-refractivity contribution is 5.99. The van der Waals surface area contributed by atoms with Crippen LogP contribution >= 0.6 is 0 Å². The van der Waals surface area contributed by atoms with Gasteiger partial charge in [0.25, 0.3) is 5.91 Å². The van der Waals surface area contributed by atoms with Gasteiger partial charge < -0.3 is 9.47 Å². The van der Waals surface area contributed by atoms with Gasteiger partial charge in [-0.1, -0.05) is 6.92 Å². The van der Waals surface area contributed by atoms with Crippen molar-refractivity contribution in [1.29, 1.82) is 0 Å². The van der Waals surface area contributed by atoms with Crippen LogP contribution in [0.3, 0.4) is 0 Å². The summed E-state index contributed by atoms with van der Waals surface area (Å²) in [6.07, 6.45) is 6.26. The molecule has 0 N–H and O–H groups in total. The van der Waals surface area contributed by atoms with Crippen LogP contribution in [-0.4, -0.2) is 34.2 Å². The largest absolute Gasteiger partial charge is 0.346 e. The third-order valence-corrected chi connectivity index (χ3v) is 4.48. The zero-order chi connectivity index (χ0) is 14.9. The summed E-state index contributed by atoms with van der Waals surface area (Å²) in [5, 5.41) is 0. The van der Waals surface area contributed by atoms with Crippen LogP contribution < -0.4 is 0 Å². The number of aryl methyl sites for hydroxylation is 1. The Morgan fingerprint density at radius 1 is 1.25 bits per heavy atom. The maximum absolute atomic E-state index is 12.6. The van der Waals surface area contributed by atoms with Gasteiger partial charge in [0.15, 0.2) is 5.78 Å². The summed E-state index contributed by atoms with van der Waals surface area (Å²) in [5.74, 6) is 0.780. The lowest BCUT2D eigenvalue weighted by Gasteiger charge is -2.33. The van der Waals surface area contributed by atoms with E-state index in [2.05, 4.69) is 6.92 Å². The molecule has 1 fully saturated rings. The van der Waals surface area contributed by atoms with E-state index in [9.17, 15) is 9.59 Å². The summed E-state index contributed by atoms with van der Waals surface area (Å²) in [7, 11) is 3.69. The number of hydrogen-bond acceptors (Lipinski definition) is 2. The lowest BCUT2D eigenvalue weighted by atomic mass is 9.86. The molecule has 110 valence electrons. The van der Waals surface area contributed by atoms with Crippen LogP contribution in [0.4, 0.5) is 0 Å². The summed E-state index contributed by atoms with van der Waals surface area (Å²) in [5.41, 5.74) is 1.19. The van der Waals surface area contributed by atoms with Crippen LogP contribution in [0.1, 0.15) is 60.4 Å². The first-order valence-corrected chi connectivity index (χ1v) is 7.34. The second-order valence-electron chi connectivity index (χ2n) is 6.11. The number of nitrogens with zero attached hydrogens (tertiary/aromatic N) is 2. The highest BCUT2D eigenvalue weighted by atomic mass is 16.2. The minimum Gasteiger partial charge on any atom is -0.346 e. The fourth-order valence-electron chi connectivity index (χ4n) is 2.95. The summed E-state index contributed by atoms with van der Waals surface area (Å²) >= 11 is 0. The molecule has 0 aliphatic heterocycles. The standard InChI is InChI=1S/C16H24N2O2/c1-11-5-7-14(8-6-11)18(4)16(20)15-9-13(12(2)19)10-17(15)3/h9-11,14H,5-8H2,1-4H3. The minimum absolute atomic E-state index is 0.00575. The molecular weight excluding hydrogens is 252 g/mol. The zero-order valence-corrected chi connectivity index (χ0v) is 12.8. The maximum atomic E-state index is 12.6. The summed E-state index contributed by atoms with van der Waals surface area (Å²) in [6, 6.07) is 2.03. The predicted octanol–water partition coefficient (Wildman–Crippen LogP) is 2.88. The number of carbonyl (C=O) groups is 2. The van der Waals surface area contributed by atoms with Gasteiger partial charge in [-0.3, -0.25) is 9.59 Å². The molecule has 20 heavy (non-hydrogen) atoms. The lowest BCUT2D eigenvalue weighted by molar-refractivity contribution is 0.0670. The monoisotopic (exact) mass is 276 g/mol. The predicted molar refractivity (Wildman–Crippen MR) is 78.9 cm³/mol. The van der Waals surface area contributed by atoms with E-state index < -0.39 is 0 Å². The molecule has 4 heteroatoms. The van der Waals surface area contributed by atoms with Crippen molar-refractivity contribution in [2.45, 2.75) is 45.6 Å². The van der Waals surface area contributed by atoms with E-state index in [0.717, 1.165) is 18.8 Å². The second-order valence-corrected chi connectivity index (χ2v) is 6.11. The Morgan fingerprint density at radius 2 is 1.85 bits per heavy atom. The average molecular weight is 276 g/mol. The van der Waals surface area contributed by atoms with Gasteiger partial charge in [0.05, 0.1) is 0 Å². The van der Waals surface area contributed by atoms with Crippen molar-refractivity contribution >= 4 is 11.7 Å². The number of aromatic nitrogens is 1. The Morgan fingerprint density at radius 3 is 2.35 bits per heavy atom. The molecule has 0 unspecified atom stereocenters. The number of rotatable bonds is 3. The molecule has 4 nitrogen and oxygen atoms in total. The molecule has 1 aliphatic rings. The van der Waals surface area contributed by atoms with Crippen molar-refractivity contribution < 1.29 is 9.59 Å². The normalized spacial score (nSPS) is 22.6. The second kappa shape index (κ2) is 5.81. The van der Waals surface area contributed by atoms with Crippen molar-refractivity contribution in [1.82, 2.24) is 9.47 Å². The number of Topliss-reactive ketones (excluding diaryl/α,β-unsaturated/α-hetero) is 1. The fraction of sp³-hybridized carbons (Fsp3) is 0.625. The smallest absolute Gasteiger partial charge is 0.270 e. The summed E-state index contributed by atoms with van der Waals surface area (Å²) < 4.78 is 1.75. The number of carbonyl (C=O) groups excluding carboxylic acids is 2. The molecule has 0 bridgehead atoms. The molecule has 1 aliphatic carbocycles. The van der Waals surface area contributed by atoms with Crippen LogP contribution in [0.5, 0.6) is 0 Å². The van der Waals surface area contributed by atoms with E-state index in [1.165, 1.54) is 19.8 Å². The molecule has 1 saturated carbocycles. The van der Waals surface area contributed by atoms with Gasteiger partial charge >= 0.3 is 0 Å². The quantitative estimate of drug-likeness (QED) is 0.797. The van der Waals surface area contributed by atoms with Gasteiger partial charge in [-0.25, -0.2) is 0 Å². The lowest BCUT2D eigenvalue weighted by Crippen LogP contribution is -2.39. The van der Waals surface area contributed by atoms with E-state index in [1.807, 2.05) is 19.0 Å². The van der Waals surface area contributed by atoms with Gasteiger partial charge in [-0.2, -0.15) is 0 Å². The molecule has 2 rings (SSSR count). The molecule has 1 amide bonds. The Hall–Kier alpha value is -1.58. The molecule has 1 aromatic heterocycles. The molecule has 1 heterocycles. The van der Waals surface area contributed by atoms with E-state index in [1.54, 1.807) is 16.8 Å². The molecule has 0 radical (unpaired) electrons. The van der Waals surface area contributed by atoms with E-state index >= 15 is 0 Å². The van der Waals surface area contributed by atoms with Crippen LogP contribution in [0, 0.1) is 5.92 Å². The SMILES string of the molecule is CC(=O)c1cc(C(=O)N(C)C2CCC(C)CC2)n(C)c1.